The van der Waals surface area contributed by atoms with Crippen LogP contribution in [-0.4, -0.2) is 4.57 Å². The molecule has 3 nitrogen and oxygen atoms in total. The molecule has 15 heavy (non-hydrogen) atoms. The van der Waals surface area contributed by atoms with Crippen LogP contribution in [0.1, 0.15) is 6.92 Å². The third-order valence-corrected chi connectivity index (χ3v) is 2.64. The predicted molar refractivity (Wildman–Crippen MR) is 62.4 cm³/mol. The minimum absolute atomic E-state index is 0.749. The largest absolute Gasteiger partial charge is 0.356 e. The van der Waals surface area contributed by atoms with Gasteiger partial charge in [-0.3, -0.25) is 5.73 Å². The first kappa shape index (κ1) is 9.77. The molecule has 1 heterocycles. The lowest BCUT2D eigenvalue weighted by atomic mass is 10.3. The van der Waals surface area contributed by atoms with E-state index in [1.54, 1.807) is 0 Å². The lowest BCUT2D eigenvalue weighted by Gasteiger charge is -1.95. The number of para-hydroxylation sites is 2. The van der Waals surface area contributed by atoms with Crippen LogP contribution in [0, 0.1) is 0 Å². The molecule has 0 aliphatic heterocycles. The van der Waals surface area contributed by atoms with Gasteiger partial charge >= 0.3 is 5.95 Å². The molecular weight excluding hydrogens is 186 g/mol. The Bertz CT molecular complexity index is 497. The van der Waals surface area contributed by atoms with Gasteiger partial charge in [0.15, 0.2) is 0 Å². The Morgan fingerprint density at radius 2 is 2.20 bits per heavy atom. The van der Waals surface area contributed by atoms with Crippen molar-refractivity contribution in [1.29, 1.82) is 0 Å². The third-order valence-electron chi connectivity index (χ3n) is 2.64. The Balaban J connectivity index is 2.78. The van der Waals surface area contributed by atoms with E-state index in [4.69, 9.17) is 5.73 Å². The van der Waals surface area contributed by atoms with Crippen LogP contribution in [0.4, 0.5) is 5.95 Å². The monoisotopic (exact) mass is 202 g/mol. The van der Waals surface area contributed by atoms with Crippen LogP contribution < -0.4 is 10.3 Å². The van der Waals surface area contributed by atoms with Gasteiger partial charge in [0, 0.05) is 0 Å². The van der Waals surface area contributed by atoms with Crippen molar-refractivity contribution in [2.75, 3.05) is 5.73 Å². The second-order valence-corrected chi connectivity index (χ2v) is 3.49. The molecule has 78 valence electrons. The Morgan fingerprint density at radius 1 is 1.47 bits per heavy atom. The zero-order valence-corrected chi connectivity index (χ0v) is 8.98. The number of nitrogens with zero attached hydrogens (tertiary/aromatic N) is 2. The lowest BCUT2D eigenvalue weighted by Crippen LogP contribution is -2.35. The van der Waals surface area contributed by atoms with Crippen molar-refractivity contribution in [2.45, 2.75) is 20.0 Å². The second kappa shape index (κ2) is 3.77. The molecule has 0 spiro atoms. The summed E-state index contributed by atoms with van der Waals surface area (Å²) in [6, 6.07) is 8.24. The van der Waals surface area contributed by atoms with Gasteiger partial charge < -0.3 is 0 Å². The summed E-state index contributed by atoms with van der Waals surface area (Å²) >= 11 is 0. The molecule has 2 aromatic rings. The summed E-state index contributed by atoms with van der Waals surface area (Å²) in [4.78, 5) is 0. The van der Waals surface area contributed by atoms with Gasteiger partial charge in [-0.1, -0.05) is 24.8 Å². The molecule has 0 aliphatic carbocycles. The highest BCUT2D eigenvalue weighted by Crippen LogP contribution is 2.15. The van der Waals surface area contributed by atoms with Crippen LogP contribution in [0.2, 0.25) is 0 Å². The van der Waals surface area contributed by atoms with Gasteiger partial charge in [0.25, 0.3) is 0 Å². The molecule has 1 aromatic heterocycles. The smallest absolute Gasteiger partial charge is 0.290 e. The van der Waals surface area contributed by atoms with Crippen molar-refractivity contribution in [3.63, 3.8) is 0 Å². The predicted octanol–water partition coefficient (Wildman–Crippen LogP) is 1.72. The highest BCUT2D eigenvalue weighted by atomic mass is 15.2. The molecule has 0 atom stereocenters. The minimum atomic E-state index is 0.749. The van der Waals surface area contributed by atoms with E-state index in [2.05, 4.69) is 34.8 Å². The van der Waals surface area contributed by atoms with E-state index in [9.17, 15) is 0 Å². The van der Waals surface area contributed by atoms with Crippen molar-refractivity contribution in [2.24, 2.45) is 0 Å². The first-order valence-corrected chi connectivity index (χ1v) is 5.17. The zero-order valence-electron chi connectivity index (χ0n) is 8.98. The fourth-order valence-corrected chi connectivity index (χ4v) is 1.97. The van der Waals surface area contributed by atoms with Crippen LogP contribution in [-0.2, 0) is 13.1 Å². The summed E-state index contributed by atoms with van der Waals surface area (Å²) < 4.78 is 4.19. The van der Waals surface area contributed by atoms with Crippen molar-refractivity contribution in [3.8, 4) is 0 Å². The molecule has 0 aliphatic rings. The minimum Gasteiger partial charge on any atom is -0.290 e. The molecule has 0 radical (unpaired) electrons. The van der Waals surface area contributed by atoms with Gasteiger partial charge in [-0.15, -0.1) is 0 Å². The van der Waals surface area contributed by atoms with Gasteiger partial charge in [-0.25, -0.2) is 9.13 Å². The number of rotatable bonds is 3. The van der Waals surface area contributed by atoms with E-state index < -0.39 is 0 Å². The van der Waals surface area contributed by atoms with Crippen LogP contribution in [0.15, 0.2) is 36.9 Å². The second-order valence-electron chi connectivity index (χ2n) is 3.49. The average molecular weight is 202 g/mol. The first-order valence-electron chi connectivity index (χ1n) is 5.17. The SMILES string of the molecule is C=CC[n+]1c(N)n(CC)c2ccccc21. The summed E-state index contributed by atoms with van der Waals surface area (Å²) in [5, 5.41) is 0. The Hall–Kier alpha value is -1.77. The number of aromatic nitrogens is 2. The number of hydrogen-bond donors (Lipinski definition) is 1. The molecule has 3 heteroatoms. The van der Waals surface area contributed by atoms with E-state index in [1.807, 2.05) is 18.2 Å². The third kappa shape index (κ3) is 1.40. The van der Waals surface area contributed by atoms with Crippen LogP contribution >= 0.6 is 0 Å². The summed E-state index contributed by atoms with van der Waals surface area (Å²) in [6.07, 6.45) is 1.86. The summed E-state index contributed by atoms with van der Waals surface area (Å²) in [7, 11) is 0. The molecule has 0 saturated heterocycles. The number of benzene rings is 1. The Morgan fingerprint density at radius 3 is 2.87 bits per heavy atom. The fourth-order valence-electron chi connectivity index (χ4n) is 1.97. The highest BCUT2D eigenvalue weighted by Gasteiger charge is 2.17. The molecular formula is C12H16N3+. The van der Waals surface area contributed by atoms with E-state index in [0.717, 1.165) is 24.6 Å². The van der Waals surface area contributed by atoms with Gasteiger partial charge in [0.2, 0.25) is 0 Å². The molecule has 0 fully saturated rings. The number of imidazole rings is 1. The van der Waals surface area contributed by atoms with Crippen LogP contribution in [0.25, 0.3) is 11.0 Å². The molecule has 0 unspecified atom stereocenters. The van der Waals surface area contributed by atoms with Crippen LogP contribution in [0.3, 0.4) is 0 Å². The first-order chi connectivity index (χ1) is 7.29. The quantitative estimate of drug-likeness (QED) is 0.597. The highest BCUT2D eigenvalue weighted by molar-refractivity contribution is 5.73. The number of anilines is 1. The van der Waals surface area contributed by atoms with Gasteiger partial charge in [-0.05, 0) is 19.1 Å². The zero-order chi connectivity index (χ0) is 10.8. The molecule has 2 N–H and O–H groups in total. The standard InChI is InChI=1S/C12H15N3/c1-3-9-15-11-8-6-5-7-10(11)14(4-2)12(15)13/h3,5-8,13H,1,4,9H2,2H3/p+1. The number of aryl methyl sites for hydroxylation is 1. The van der Waals surface area contributed by atoms with E-state index in [1.165, 1.54) is 5.52 Å². The average Bonchev–Trinajstić information content (AvgIpc) is 2.53. The van der Waals surface area contributed by atoms with E-state index in [0.29, 0.717) is 0 Å². The molecule has 2 rings (SSSR count). The number of nitrogen functional groups attached to an aromatic ring is 1. The summed E-state index contributed by atoms with van der Waals surface area (Å²) in [5.74, 6) is 0.790. The Labute approximate surface area is 89.4 Å². The number of hydrogen-bond acceptors (Lipinski definition) is 1. The normalized spacial score (nSPS) is 10.7. The number of nitrogens with two attached hydrogens (primary N) is 1. The van der Waals surface area contributed by atoms with Gasteiger partial charge in [0.1, 0.15) is 11.0 Å². The summed E-state index contributed by atoms with van der Waals surface area (Å²) in [6.45, 7) is 7.49. The van der Waals surface area contributed by atoms with Crippen molar-refractivity contribution < 1.29 is 4.57 Å². The molecule has 0 saturated carbocycles. The molecule has 0 bridgehead atoms. The van der Waals surface area contributed by atoms with Gasteiger partial charge in [-0.2, -0.15) is 0 Å². The maximum Gasteiger partial charge on any atom is 0.356 e. The maximum atomic E-state index is 6.09. The van der Waals surface area contributed by atoms with Crippen molar-refractivity contribution >= 4 is 17.0 Å². The lowest BCUT2D eigenvalue weighted by molar-refractivity contribution is -0.646. The molecule has 0 amide bonds. The molecule has 1 aromatic carbocycles. The Kier molecular flexibility index (Phi) is 2.46. The topological polar surface area (TPSA) is 34.8 Å². The summed E-state index contributed by atoms with van der Waals surface area (Å²) in [5.41, 5.74) is 8.43. The maximum absolute atomic E-state index is 6.09. The van der Waals surface area contributed by atoms with E-state index >= 15 is 0 Å². The van der Waals surface area contributed by atoms with Crippen LogP contribution in [0.5, 0.6) is 0 Å². The van der Waals surface area contributed by atoms with Crippen molar-refractivity contribution in [1.82, 2.24) is 4.57 Å². The van der Waals surface area contributed by atoms with Crippen molar-refractivity contribution in [3.05, 3.63) is 36.9 Å². The number of fused-ring (bicyclic) bond motifs is 1. The van der Waals surface area contributed by atoms with E-state index in [-0.39, 0.29) is 0 Å². The van der Waals surface area contributed by atoms with Gasteiger partial charge in [0.05, 0.1) is 13.1 Å². The number of allylic oxidation sites excluding steroid dienone is 1. The fraction of sp³-hybridized carbons (Fsp3) is 0.250.